The van der Waals surface area contributed by atoms with Gasteiger partial charge in [-0.25, -0.2) is 14.4 Å². The van der Waals surface area contributed by atoms with Gasteiger partial charge in [0.1, 0.15) is 16.9 Å². The summed E-state index contributed by atoms with van der Waals surface area (Å²) in [6.07, 6.45) is 0. The fraction of sp³-hybridized carbons (Fsp3) is 0.152. The number of anilines is 1. The number of hydrogen-bond acceptors (Lipinski definition) is 9. The van der Waals surface area contributed by atoms with Crippen LogP contribution in [0.4, 0.5) is 9.52 Å². The molecule has 0 bridgehead atoms. The van der Waals surface area contributed by atoms with Crippen LogP contribution in [0, 0.1) is 17.1 Å². The summed E-state index contributed by atoms with van der Waals surface area (Å²) < 4.78 is 29.9. The Hall–Kier alpha value is -4.92. The molecule has 11 heteroatoms. The number of methoxy groups -OCH3 is 3. The number of hydrogen-bond donors (Lipinski definition) is 1. The molecule has 0 saturated heterocycles. The average molecular weight is 627 g/mol. The molecule has 0 fully saturated rings. The molecule has 2 heterocycles. The maximum Gasteiger partial charge on any atom is 0.239 e. The molecule has 0 saturated carbocycles. The topological polar surface area (TPSA) is 106 Å². The summed E-state index contributed by atoms with van der Waals surface area (Å²) in [6.45, 7) is 1.74. The van der Waals surface area contributed by atoms with Crippen molar-refractivity contribution in [3.05, 3.63) is 89.6 Å². The van der Waals surface area contributed by atoms with Crippen molar-refractivity contribution in [2.45, 2.75) is 17.2 Å². The van der Waals surface area contributed by atoms with Gasteiger partial charge in [0.25, 0.3) is 0 Å². The molecule has 0 spiro atoms. The Morgan fingerprint density at radius 2 is 1.57 bits per heavy atom. The fourth-order valence-electron chi connectivity index (χ4n) is 4.45. The van der Waals surface area contributed by atoms with E-state index in [2.05, 4.69) is 16.4 Å². The largest absolute Gasteiger partial charge is 0.493 e. The van der Waals surface area contributed by atoms with Gasteiger partial charge in [0.05, 0.1) is 43.5 Å². The number of benzene rings is 3. The number of thioether (sulfide) groups is 1. The maximum atomic E-state index is 13.3. The predicted octanol–water partition coefficient (Wildman–Crippen LogP) is 7.69. The molecular weight excluding hydrogens is 600 g/mol. The molecule has 0 aliphatic rings. The lowest BCUT2D eigenvalue weighted by molar-refractivity contribution is -0.115. The first-order valence-corrected chi connectivity index (χ1v) is 15.1. The van der Waals surface area contributed by atoms with Crippen molar-refractivity contribution in [2.75, 3.05) is 26.6 Å². The minimum absolute atomic E-state index is 0.302. The van der Waals surface area contributed by atoms with E-state index < -0.39 is 5.25 Å². The highest BCUT2D eigenvalue weighted by molar-refractivity contribution is 8.00. The number of amides is 1. The van der Waals surface area contributed by atoms with Crippen LogP contribution in [0.2, 0.25) is 0 Å². The van der Waals surface area contributed by atoms with E-state index in [9.17, 15) is 14.4 Å². The smallest absolute Gasteiger partial charge is 0.239 e. The molecule has 3 aromatic carbocycles. The van der Waals surface area contributed by atoms with Crippen LogP contribution in [0.25, 0.3) is 33.6 Å². The zero-order valence-corrected chi connectivity index (χ0v) is 25.9. The number of pyridine rings is 1. The molecule has 1 unspecified atom stereocenters. The minimum Gasteiger partial charge on any atom is -0.493 e. The van der Waals surface area contributed by atoms with Gasteiger partial charge in [0.15, 0.2) is 16.6 Å². The second-order valence-electron chi connectivity index (χ2n) is 9.42. The first-order valence-electron chi connectivity index (χ1n) is 13.3. The highest BCUT2D eigenvalue weighted by Crippen LogP contribution is 2.44. The number of aromatic nitrogens is 2. The van der Waals surface area contributed by atoms with Gasteiger partial charge in [-0.1, -0.05) is 42.1 Å². The fourth-order valence-corrected chi connectivity index (χ4v) is 6.10. The number of carbonyl (C=O) groups is 1. The first kappa shape index (κ1) is 30.5. The van der Waals surface area contributed by atoms with Crippen molar-refractivity contribution in [1.82, 2.24) is 9.97 Å². The van der Waals surface area contributed by atoms with Crippen LogP contribution < -0.4 is 19.5 Å². The number of halogens is 1. The van der Waals surface area contributed by atoms with Gasteiger partial charge in [0.2, 0.25) is 11.7 Å². The average Bonchev–Trinajstić information content (AvgIpc) is 3.52. The zero-order chi connectivity index (χ0) is 31.2. The van der Waals surface area contributed by atoms with E-state index in [1.54, 1.807) is 36.6 Å². The van der Waals surface area contributed by atoms with Crippen LogP contribution in [0.5, 0.6) is 17.2 Å². The normalized spacial score (nSPS) is 11.4. The van der Waals surface area contributed by atoms with Gasteiger partial charge in [-0.05, 0) is 55.0 Å². The Labute approximate surface area is 262 Å². The summed E-state index contributed by atoms with van der Waals surface area (Å²) in [7, 11) is 4.58. The molecule has 1 N–H and O–H groups in total. The summed E-state index contributed by atoms with van der Waals surface area (Å²) in [6, 6.07) is 23.3. The number of nitriles is 1. The van der Waals surface area contributed by atoms with Crippen molar-refractivity contribution >= 4 is 34.1 Å². The van der Waals surface area contributed by atoms with E-state index >= 15 is 0 Å². The van der Waals surface area contributed by atoms with Gasteiger partial charge in [-0.15, -0.1) is 11.3 Å². The third kappa shape index (κ3) is 6.51. The Morgan fingerprint density at radius 3 is 2.18 bits per heavy atom. The number of rotatable bonds is 10. The van der Waals surface area contributed by atoms with Crippen LogP contribution in [0.15, 0.2) is 83.2 Å². The highest BCUT2D eigenvalue weighted by Gasteiger charge is 2.24. The van der Waals surface area contributed by atoms with E-state index in [1.807, 2.05) is 36.4 Å². The Kier molecular flexibility index (Phi) is 9.43. The highest BCUT2D eigenvalue weighted by atomic mass is 32.2. The van der Waals surface area contributed by atoms with Gasteiger partial charge >= 0.3 is 0 Å². The van der Waals surface area contributed by atoms with Crippen molar-refractivity contribution in [3.63, 3.8) is 0 Å². The van der Waals surface area contributed by atoms with Gasteiger partial charge < -0.3 is 19.5 Å². The molecule has 0 radical (unpaired) electrons. The van der Waals surface area contributed by atoms with Gasteiger partial charge in [0, 0.05) is 22.1 Å². The molecule has 0 aliphatic heterocycles. The standard InChI is InChI=1S/C33H27FN4O4S2/c1-19(31(39)38-33-37-27(18-43-33)21-10-12-23(34)13-11-21)44-32-25(17-35)24(16-26(36-32)20-8-6-5-7-9-20)22-14-28(40-2)30(42-4)29(15-22)41-3/h5-16,18-19H,1-4H3,(H,37,38,39). The third-order valence-corrected chi connectivity index (χ3v) is 8.52. The SMILES string of the molecule is COc1cc(-c2cc(-c3ccccc3)nc(SC(C)C(=O)Nc3nc(-c4ccc(F)cc4)cs3)c2C#N)cc(OC)c1OC. The predicted molar refractivity (Wildman–Crippen MR) is 171 cm³/mol. The molecule has 8 nitrogen and oxygen atoms in total. The monoisotopic (exact) mass is 626 g/mol. The van der Waals surface area contributed by atoms with Crippen molar-refractivity contribution < 1.29 is 23.4 Å². The molecule has 2 aromatic heterocycles. The Bertz CT molecular complexity index is 1810. The molecule has 222 valence electrons. The molecule has 1 atom stereocenters. The van der Waals surface area contributed by atoms with E-state index in [1.165, 1.54) is 56.6 Å². The summed E-state index contributed by atoms with van der Waals surface area (Å²) in [4.78, 5) is 22.6. The van der Waals surface area contributed by atoms with Crippen molar-refractivity contribution in [3.8, 4) is 57.0 Å². The summed E-state index contributed by atoms with van der Waals surface area (Å²) in [5, 5.41) is 15.2. The van der Waals surface area contributed by atoms with Crippen molar-refractivity contribution in [1.29, 1.82) is 5.26 Å². The Balaban J connectivity index is 1.50. The summed E-state index contributed by atoms with van der Waals surface area (Å²) in [5.41, 5.74) is 4.41. The lowest BCUT2D eigenvalue weighted by Crippen LogP contribution is -2.22. The number of ether oxygens (including phenoxy) is 3. The van der Waals surface area contributed by atoms with Crippen LogP contribution in [-0.2, 0) is 4.79 Å². The van der Waals surface area contributed by atoms with E-state index in [0.29, 0.717) is 55.5 Å². The van der Waals surface area contributed by atoms with Crippen LogP contribution in [0.1, 0.15) is 12.5 Å². The summed E-state index contributed by atoms with van der Waals surface area (Å²) in [5.74, 6) is 0.668. The molecule has 5 aromatic rings. The second-order valence-corrected chi connectivity index (χ2v) is 11.6. The van der Waals surface area contributed by atoms with Crippen LogP contribution in [-0.4, -0.2) is 42.5 Å². The van der Waals surface area contributed by atoms with E-state index in [0.717, 1.165) is 11.1 Å². The molecular formula is C33H27FN4O4S2. The Morgan fingerprint density at radius 1 is 0.909 bits per heavy atom. The van der Waals surface area contributed by atoms with Crippen LogP contribution in [0.3, 0.4) is 0 Å². The number of nitrogens with one attached hydrogen (secondary N) is 1. The van der Waals surface area contributed by atoms with Gasteiger partial charge in [-0.2, -0.15) is 5.26 Å². The minimum atomic E-state index is -0.633. The first-order chi connectivity index (χ1) is 21.3. The molecule has 44 heavy (non-hydrogen) atoms. The quantitative estimate of drug-likeness (QED) is 0.157. The number of nitrogens with zero attached hydrogens (tertiary/aromatic N) is 3. The molecule has 5 rings (SSSR count). The third-order valence-electron chi connectivity index (χ3n) is 6.68. The van der Waals surface area contributed by atoms with E-state index in [-0.39, 0.29) is 11.7 Å². The lowest BCUT2D eigenvalue weighted by Gasteiger charge is -2.17. The van der Waals surface area contributed by atoms with Crippen molar-refractivity contribution in [2.24, 2.45) is 0 Å². The second kappa shape index (κ2) is 13.6. The van der Waals surface area contributed by atoms with Gasteiger partial charge in [-0.3, -0.25) is 4.79 Å². The summed E-state index contributed by atoms with van der Waals surface area (Å²) >= 11 is 2.44. The van der Waals surface area contributed by atoms with E-state index in [4.69, 9.17) is 19.2 Å². The number of thiazole rings is 1. The zero-order valence-electron chi connectivity index (χ0n) is 24.3. The maximum absolute atomic E-state index is 13.3. The molecule has 1 amide bonds. The van der Waals surface area contributed by atoms with Crippen LogP contribution >= 0.6 is 23.1 Å². The lowest BCUT2D eigenvalue weighted by atomic mass is 9.98. The number of carbonyl (C=O) groups excluding carboxylic acids is 1. The molecule has 0 aliphatic carbocycles.